The number of carbonyl (C=O) groups excluding carboxylic acids is 1. The summed E-state index contributed by atoms with van der Waals surface area (Å²) in [4.78, 5) is 16.2. The van der Waals surface area contributed by atoms with E-state index in [4.69, 9.17) is 5.26 Å². The molecule has 0 aromatic carbocycles. The maximum absolute atomic E-state index is 12.1. The molecule has 1 heterocycles. The zero-order valence-electron chi connectivity index (χ0n) is 9.20. The zero-order chi connectivity index (χ0) is 10.9. The molecule has 0 aromatic rings. The van der Waals surface area contributed by atoms with Crippen molar-refractivity contribution in [3.63, 3.8) is 0 Å². The topological polar surface area (TPSA) is 47.3 Å². The van der Waals surface area contributed by atoms with Crippen LogP contribution in [0.1, 0.15) is 19.3 Å². The third kappa shape index (κ3) is 1.98. The molecule has 0 radical (unpaired) electrons. The maximum Gasteiger partial charge on any atom is 0.243 e. The van der Waals surface area contributed by atoms with Gasteiger partial charge in [0.15, 0.2) is 0 Å². The summed E-state index contributed by atoms with van der Waals surface area (Å²) in [6.45, 7) is 3.56. The molecule has 1 amide bonds. The molecule has 1 aliphatic carbocycles. The predicted octanol–water partition coefficient (Wildman–Crippen LogP) is 0.454. The Kier molecular flexibility index (Phi) is 2.66. The summed E-state index contributed by atoms with van der Waals surface area (Å²) in [7, 11) is 2.07. The van der Waals surface area contributed by atoms with Crippen LogP contribution < -0.4 is 0 Å². The zero-order valence-corrected chi connectivity index (χ0v) is 9.20. The molecule has 82 valence electrons. The average Bonchev–Trinajstić information content (AvgIpc) is 3.02. The van der Waals surface area contributed by atoms with Crippen molar-refractivity contribution in [1.29, 1.82) is 5.26 Å². The minimum atomic E-state index is -0.636. The largest absolute Gasteiger partial charge is 0.340 e. The summed E-state index contributed by atoms with van der Waals surface area (Å²) in [5.41, 5.74) is -0.636. The summed E-state index contributed by atoms with van der Waals surface area (Å²) in [6, 6.07) is 2.18. The quantitative estimate of drug-likeness (QED) is 0.627. The van der Waals surface area contributed by atoms with E-state index in [1.807, 2.05) is 4.90 Å². The van der Waals surface area contributed by atoms with E-state index in [0.29, 0.717) is 0 Å². The van der Waals surface area contributed by atoms with Gasteiger partial charge < -0.3 is 9.80 Å². The Morgan fingerprint density at radius 1 is 1.27 bits per heavy atom. The van der Waals surface area contributed by atoms with E-state index in [9.17, 15) is 4.79 Å². The van der Waals surface area contributed by atoms with Crippen LogP contribution in [0.15, 0.2) is 0 Å². The van der Waals surface area contributed by atoms with E-state index >= 15 is 0 Å². The van der Waals surface area contributed by atoms with Crippen LogP contribution in [0.2, 0.25) is 0 Å². The Hall–Kier alpha value is -1.08. The molecule has 2 aliphatic rings. The minimum absolute atomic E-state index is 0.0697. The number of nitriles is 1. The highest BCUT2D eigenvalue weighted by Crippen LogP contribution is 2.46. The van der Waals surface area contributed by atoms with Gasteiger partial charge in [0.2, 0.25) is 5.91 Å². The van der Waals surface area contributed by atoms with Crippen LogP contribution >= 0.6 is 0 Å². The van der Waals surface area contributed by atoms with E-state index in [1.54, 1.807) is 0 Å². The van der Waals surface area contributed by atoms with Crippen molar-refractivity contribution in [2.75, 3.05) is 33.2 Å². The van der Waals surface area contributed by atoms with Gasteiger partial charge in [-0.25, -0.2) is 0 Å². The molecule has 1 aliphatic heterocycles. The number of hydrogen-bond donors (Lipinski definition) is 0. The molecular weight excluding hydrogens is 190 g/mol. The fraction of sp³-hybridized carbons (Fsp3) is 0.818. The first-order chi connectivity index (χ1) is 7.18. The molecule has 0 unspecified atom stereocenters. The van der Waals surface area contributed by atoms with Gasteiger partial charge in [0.05, 0.1) is 6.07 Å². The lowest BCUT2D eigenvalue weighted by atomic mass is 10.1. The normalized spacial score (nSPS) is 25.5. The molecule has 4 heteroatoms. The summed E-state index contributed by atoms with van der Waals surface area (Å²) < 4.78 is 0. The van der Waals surface area contributed by atoms with Crippen LogP contribution in [0, 0.1) is 16.7 Å². The van der Waals surface area contributed by atoms with E-state index < -0.39 is 5.41 Å². The molecule has 0 N–H and O–H groups in total. The fourth-order valence-corrected chi connectivity index (χ4v) is 2.05. The first-order valence-electron chi connectivity index (χ1n) is 5.57. The van der Waals surface area contributed by atoms with Gasteiger partial charge in [0.25, 0.3) is 0 Å². The van der Waals surface area contributed by atoms with Gasteiger partial charge in [-0.2, -0.15) is 5.26 Å². The van der Waals surface area contributed by atoms with Crippen molar-refractivity contribution < 1.29 is 4.79 Å². The Balaban J connectivity index is 1.99. The second-order valence-corrected chi connectivity index (χ2v) is 4.64. The van der Waals surface area contributed by atoms with E-state index in [2.05, 4.69) is 18.0 Å². The average molecular weight is 207 g/mol. The lowest BCUT2D eigenvalue weighted by molar-refractivity contribution is -0.134. The number of rotatable bonds is 1. The van der Waals surface area contributed by atoms with Crippen LogP contribution in [0.4, 0.5) is 0 Å². The first kappa shape index (κ1) is 10.4. The Morgan fingerprint density at radius 3 is 2.60 bits per heavy atom. The standard InChI is InChI=1S/C11H17N3O/c1-13-5-2-6-14(8-7-13)10(15)11(9-12)3-4-11/h2-8H2,1H3. The number of hydrogen-bond acceptors (Lipinski definition) is 3. The predicted molar refractivity (Wildman–Crippen MR) is 56.0 cm³/mol. The molecular formula is C11H17N3O. The Bertz CT molecular complexity index is 303. The van der Waals surface area contributed by atoms with Crippen LogP contribution in [0.3, 0.4) is 0 Å². The van der Waals surface area contributed by atoms with Gasteiger partial charge in [-0.1, -0.05) is 0 Å². The van der Waals surface area contributed by atoms with Crippen molar-refractivity contribution in [3.8, 4) is 6.07 Å². The second-order valence-electron chi connectivity index (χ2n) is 4.64. The lowest BCUT2D eigenvalue weighted by Crippen LogP contribution is -2.39. The molecule has 1 saturated heterocycles. The van der Waals surface area contributed by atoms with E-state index in [1.165, 1.54) is 0 Å². The van der Waals surface area contributed by atoms with Crippen molar-refractivity contribution in [1.82, 2.24) is 9.80 Å². The minimum Gasteiger partial charge on any atom is -0.340 e. The number of carbonyl (C=O) groups is 1. The number of nitrogens with zero attached hydrogens (tertiary/aromatic N) is 3. The summed E-state index contributed by atoms with van der Waals surface area (Å²) in [5.74, 6) is 0.0697. The van der Waals surface area contributed by atoms with Gasteiger partial charge in [-0.3, -0.25) is 4.79 Å². The van der Waals surface area contributed by atoms with Crippen molar-refractivity contribution in [2.45, 2.75) is 19.3 Å². The van der Waals surface area contributed by atoms with E-state index in [-0.39, 0.29) is 5.91 Å². The summed E-state index contributed by atoms with van der Waals surface area (Å²) in [5, 5.41) is 8.97. The first-order valence-corrected chi connectivity index (χ1v) is 5.57. The molecule has 0 aromatic heterocycles. The number of likely N-dealkylation sites (N-methyl/N-ethyl adjacent to an activating group) is 1. The van der Waals surface area contributed by atoms with Gasteiger partial charge in [-0.15, -0.1) is 0 Å². The van der Waals surface area contributed by atoms with Crippen molar-refractivity contribution in [3.05, 3.63) is 0 Å². The van der Waals surface area contributed by atoms with Gasteiger partial charge >= 0.3 is 0 Å². The molecule has 2 fully saturated rings. The highest BCUT2D eigenvalue weighted by atomic mass is 16.2. The van der Waals surface area contributed by atoms with Crippen LogP contribution in [0.5, 0.6) is 0 Å². The van der Waals surface area contributed by atoms with Crippen LogP contribution in [-0.4, -0.2) is 48.9 Å². The smallest absolute Gasteiger partial charge is 0.243 e. The summed E-state index contributed by atoms with van der Waals surface area (Å²) >= 11 is 0. The Labute approximate surface area is 90.5 Å². The van der Waals surface area contributed by atoms with Crippen molar-refractivity contribution >= 4 is 5.91 Å². The fourth-order valence-electron chi connectivity index (χ4n) is 2.05. The van der Waals surface area contributed by atoms with Crippen LogP contribution in [0.25, 0.3) is 0 Å². The lowest BCUT2D eigenvalue weighted by Gasteiger charge is -2.22. The van der Waals surface area contributed by atoms with Crippen LogP contribution in [-0.2, 0) is 4.79 Å². The van der Waals surface area contributed by atoms with E-state index in [0.717, 1.165) is 45.4 Å². The molecule has 0 atom stereocenters. The maximum atomic E-state index is 12.1. The molecule has 2 rings (SSSR count). The highest BCUT2D eigenvalue weighted by molar-refractivity contribution is 5.88. The molecule has 4 nitrogen and oxygen atoms in total. The summed E-state index contributed by atoms with van der Waals surface area (Å²) in [6.07, 6.45) is 2.53. The third-order valence-corrected chi connectivity index (χ3v) is 3.38. The number of amides is 1. The Morgan fingerprint density at radius 2 is 2.00 bits per heavy atom. The molecule has 1 saturated carbocycles. The second kappa shape index (κ2) is 3.82. The molecule has 0 bridgehead atoms. The highest BCUT2D eigenvalue weighted by Gasteiger charge is 2.52. The van der Waals surface area contributed by atoms with Gasteiger partial charge in [0, 0.05) is 19.6 Å². The monoisotopic (exact) mass is 207 g/mol. The SMILES string of the molecule is CN1CCCN(C(=O)C2(C#N)CC2)CC1. The third-order valence-electron chi connectivity index (χ3n) is 3.38. The van der Waals surface area contributed by atoms with Crippen molar-refractivity contribution in [2.24, 2.45) is 5.41 Å². The molecule has 0 spiro atoms. The molecule has 15 heavy (non-hydrogen) atoms. The van der Waals surface area contributed by atoms with Gasteiger partial charge in [0.1, 0.15) is 5.41 Å². The van der Waals surface area contributed by atoms with Gasteiger partial charge in [-0.05, 0) is 32.9 Å².